The first kappa shape index (κ1) is 55.7. The van der Waals surface area contributed by atoms with Crippen LogP contribution in [0.25, 0.3) is 45.8 Å². The Morgan fingerprint density at radius 3 is 0.757 bits per heavy atom. The topological polar surface area (TPSA) is 133 Å². The molecule has 0 radical (unpaired) electrons. The second kappa shape index (κ2) is 33.3. The van der Waals surface area contributed by atoms with Crippen molar-refractivity contribution in [1.82, 2.24) is 20.4 Å². The maximum atomic E-state index is 6.45. The summed E-state index contributed by atoms with van der Waals surface area (Å²) in [6.07, 6.45) is 26.5. The molecule has 12 nitrogen and oxygen atoms in total. The number of hydrogen-bond acceptors (Lipinski definition) is 12. The fourth-order valence-electron chi connectivity index (χ4n) is 8.03. The standard InChI is InChI=1S/C58H86N4O8/c1-7-13-19-25-35-63-49-41-47(42-50(64-36-26-20-14-8-2)53(49)67-39-29-23-17-11-5)57-61-59-55(69-57)45-31-33-46(34-32-45)56-60-62-58(70-56)48-43-51(65-37-27-21-15-9-3)54(68-40-30-24-18-12-6)52(44-48)66-38-28-22-16-10-4/h31-34,41-44H,7-30,35-40H2,1-6H3. The van der Waals surface area contributed by atoms with Gasteiger partial charge in [-0.25, -0.2) is 0 Å². The van der Waals surface area contributed by atoms with Crippen LogP contribution in [0.5, 0.6) is 34.5 Å². The highest BCUT2D eigenvalue weighted by Crippen LogP contribution is 2.44. The molecule has 2 heterocycles. The van der Waals surface area contributed by atoms with Gasteiger partial charge in [0, 0.05) is 22.3 Å². The molecule has 386 valence electrons. The van der Waals surface area contributed by atoms with Crippen molar-refractivity contribution in [2.45, 2.75) is 196 Å². The summed E-state index contributed by atoms with van der Waals surface area (Å²) in [4.78, 5) is 0. The zero-order chi connectivity index (χ0) is 49.4. The maximum absolute atomic E-state index is 6.45. The lowest BCUT2D eigenvalue weighted by Gasteiger charge is -2.18. The van der Waals surface area contributed by atoms with Gasteiger partial charge in [-0.2, -0.15) is 0 Å². The molecule has 0 aliphatic rings. The first-order valence-electron chi connectivity index (χ1n) is 27.4. The molecule has 0 saturated heterocycles. The zero-order valence-electron chi connectivity index (χ0n) is 43.9. The third kappa shape index (κ3) is 18.8. The summed E-state index contributed by atoms with van der Waals surface area (Å²) >= 11 is 0. The minimum atomic E-state index is 0.364. The predicted octanol–water partition coefficient (Wildman–Crippen LogP) is 16.9. The molecular weight excluding hydrogens is 881 g/mol. The Hall–Kier alpha value is -5.26. The van der Waals surface area contributed by atoms with Crippen LogP contribution in [0, 0.1) is 0 Å². The molecule has 5 aromatic rings. The number of benzene rings is 3. The van der Waals surface area contributed by atoms with Crippen molar-refractivity contribution in [3.8, 4) is 80.3 Å². The molecule has 70 heavy (non-hydrogen) atoms. The van der Waals surface area contributed by atoms with Gasteiger partial charge in [0.2, 0.25) is 35.1 Å². The van der Waals surface area contributed by atoms with Crippen molar-refractivity contribution in [3.63, 3.8) is 0 Å². The number of aromatic nitrogens is 4. The van der Waals surface area contributed by atoms with Gasteiger partial charge in [-0.15, -0.1) is 20.4 Å². The van der Waals surface area contributed by atoms with Gasteiger partial charge in [-0.1, -0.05) is 157 Å². The van der Waals surface area contributed by atoms with E-state index in [1.54, 1.807) is 0 Å². The minimum absolute atomic E-state index is 0.364. The van der Waals surface area contributed by atoms with E-state index in [0.717, 1.165) is 114 Å². The Labute approximate surface area is 420 Å². The van der Waals surface area contributed by atoms with Crippen molar-refractivity contribution in [2.75, 3.05) is 39.6 Å². The second-order valence-corrected chi connectivity index (χ2v) is 18.5. The van der Waals surface area contributed by atoms with Crippen molar-refractivity contribution in [2.24, 2.45) is 0 Å². The Balaban J connectivity index is 1.38. The Morgan fingerprint density at radius 1 is 0.286 bits per heavy atom. The monoisotopic (exact) mass is 967 g/mol. The summed E-state index contributed by atoms with van der Waals surface area (Å²) in [6, 6.07) is 15.5. The number of rotatable bonds is 40. The smallest absolute Gasteiger partial charge is 0.248 e. The van der Waals surface area contributed by atoms with Gasteiger partial charge in [0.25, 0.3) is 0 Å². The highest BCUT2D eigenvalue weighted by atomic mass is 16.5. The van der Waals surface area contributed by atoms with E-state index in [1.807, 2.05) is 48.5 Å². The molecule has 5 rings (SSSR count). The van der Waals surface area contributed by atoms with Gasteiger partial charge in [0.05, 0.1) is 39.6 Å². The summed E-state index contributed by atoms with van der Waals surface area (Å²) in [5.74, 6) is 5.31. The third-order valence-corrected chi connectivity index (χ3v) is 12.3. The van der Waals surface area contributed by atoms with Crippen LogP contribution in [0.15, 0.2) is 57.4 Å². The molecule has 0 spiro atoms. The molecule has 0 aliphatic heterocycles. The molecule has 0 amide bonds. The van der Waals surface area contributed by atoms with E-state index in [0.29, 0.717) is 109 Å². The van der Waals surface area contributed by atoms with Crippen molar-refractivity contribution in [1.29, 1.82) is 0 Å². The van der Waals surface area contributed by atoms with Crippen LogP contribution in [0.2, 0.25) is 0 Å². The Morgan fingerprint density at radius 2 is 0.514 bits per heavy atom. The first-order valence-corrected chi connectivity index (χ1v) is 27.4. The van der Waals surface area contributed by atoms with Gasteiger partial charge >= 0.3 is 0 Å². The van der Waals surface area contributed by atoms with Crippen LogP contribution in [0.3, 0.4) is 0 Å². The predicted molar refractivity (Wildman–Crippen MR) is 282 cm³/mol. The van der Waals surface area contributed by atoms with Gasteiger partial charge in [-0.3, -0.25) is 0 Å². The molecule has 0 saturated carbocycles. The molecule has 0 unspecified atom stereocenters. The maximum Gasteiger partial charge on any atom is 0.248 e. The lowest BCUT2D eigenvalue weighted by atomic mass is 10.1. The number of hydrogen-bond donors (Lipinski definition) is 0. The Bertz CT molecular complexity index is 1930. The van der Waals surface area contributed by atoms with E-state index >= 15 is 0 Å². The average Bonchev–Trinajstić information content (AvgIpc) is 4.09. The molecule has 2 aromatic heterocycles. The Kier molecular flexibility index (Phi) is 26.5. The fraction of sp³-hybridized carbons (Fsp3) is 0.621. The van der Waals surface area contributed by atoms with Crippen molar-refractivity contribution in [3.05, 3.63) is 48.5 Å². The van der Waals surface area contributed by atoms with E-state index in [1.165, 1.54) is 51.4 Å². The minimum Gasteiger partial charge on any atom is -0.490 e. The quantitative estimate of drug-likeness (QED) is 0.0346. The van der Waals surface area contributed by atoms with Crippen molar-refractivity contribution >= 4 is 0 Å². The second-order valence-electron chi connectivity index (χ2n) is 18.5. The largest absolute Gasteiger partial charge is 0.490 e. The molecule has 0 N–H and O–H groups in total. The van der Waals surface area contributed by atoms with Gasteiger partial charge < -0.3 is 37.3 Å². The molecule has 3 aromatic carbocycles. The van der Waals surface area contributed by atoms with Crippen LogP contribution in [0.1, 0.15) is 196 Å². The summed E-state index contributed by atoms with van der Waals surface area (Å²) < 4.78 is 51.4. The first-order chi connectivity index (χ1) is 34.5. The van der Waals surface area contributed by atoms with Crippen LogP contribution in [-0.4, -0.2) is 60.0 Å². The van der Waals surface area contributed by atoms with Crippen LogP contribution < -0.4 is 28.4 Å². The van der Waals surface area contributed by atoms with E-state index in [4.69, 9.17) is 37.3 Å². The molecular formula is C58H86N4O8. The SMILES string of the molecule is CCCCCCOc1cc(-c2nnc(-c3ccc(-c4nnc(-c5cc(OCCCCCC)c(OCCCCCC)c(OCCCCCC)c5)o4)cc3)o2)cc(OCCCCCC)c1OCCCCCC. The summed E-state index contributed by atoms with van der Waals surface area (Å²) in [5.41, 5.74) is 2.92. The lowest BCUT2D eigenvalue weighted by molar-refractivity contribution is 0.234. The average molecular weight is 967 g/mol. The molecule has 0 aliphatic carbocycles. The highest BCUT2D eigenvalue weighted by molar-refractivity contribution is 5.69. The fourth-order valence-corrected chi connectivity index (χ4v) is 8.03. The van der Waals surface area contributed by atoms with Crippen molar-refractivity contribution < 1.29 is 37.3 Å². The molecule has 12 heteroatoms. The van der Waals surface area contributed by atoms with E-state index in [2.05, 4.69) is 61.9 Å². The van der Waals surface area contributed by atoms with Gasteiger partial charge in [0.15, 0.2) is 23.0 Å². The van der Waals surface area contributed by atoms with Crippen LogP contribution in [-0.2, 0) is 0 Å². The molecule has 0 atom stereocenters. The molecule has 0 fully saturated rings. The zero-order valence-corrected chi connectivity index (χ0v) is 43.9. The number of nitrogens with zero attached hydrogens (tertiary/aromatic N) is 4. The summed E-state index contributed by atoms with van der Waals surface area (Å²) in [6.45, 7) is 16.8. The van der Waals surface area contributed by atoms with Gasteiger partial charge in [0.1, 0.15) is 0 Å². The normalized spacial score (nSPS) is 11.3. The van der Waals surface area contributed by atoms with Crippen LogP contribution in [0.4, 0.5) is 0 Å². The molecule has 0 bridgehead atoms. The van der Waals surface area contributed by atoms with Crippen LogP contribution >= 0.6 is 0 Å². The third-order valence-electron chi connectivity index (χ3n) is 12.3. The lowest BCUT2D eigenvalue weighted by Crippen LogP contribution is -2.06. The van der Waals surface area contributed by atoms with E-state index < -0.39 is 0 Å². The summed E-state index contributed by atoms with van der Waals surface area (Å²) in [7, 11) is 0. The van der Waals surface area contributed by atoms with E-state index in [9.17, 15) is 0 Å². The highest BCUT2D eigenvalue weighted by Gasteiger charge is 2.23. The summed E-state index contributed by atoms with van der Waals surface area (Å²) in [5, 5.41) is 17.9. The van der Waals surface area contributed by atoms with E-state index in [-0.39, 0.29) is 0 Å². The number of unbranched alkanes of at least 4 members (excludes halogenated alkanes) is 18. The van der Waals surface area contributed by atoms with Gasteiger partial charge in [-0.05, 0) is 87.1 Å². The number of ether oxygens (including phenoxy) is 6.